The van der Waals surface area contributed by atoms with E-state index in [0.29, 0.717) is 18.8 Å². The maximum Gasteiger partial charge on any atom is 0.225 e. The van der Waals surface area contributed by atoms with Crippen LogP contribution in [0.1, 0.15) is 25.8 Å². The summed E-state index contributed by atoms with van der Waals surface area (Å²) in [7, 11) is 0. The Labute approximate surface area is 170 Å². The van der Waals surface area contributed by atoms with Gasteiger partial charge in [0.2, 0.25) is 11.8 Å². The van der Waals surface area contributed by atoms with Gasteiger partial charge in [-0.25, -0.2) is 4.39 Å². The summed E-state index contributed by atoms with van der Waals surface area (Å²) in [5.74, 6) is -0.710. The van der Waals surface area contributed by atoms with Gasteiger partial charge in [-0.2, -0.15) is 0 Å². The van der Waals surface area contributed by atoms with Crippen molar-refractivity contribution >= 4 is 28.9 Å². The molecule has 1 heterocycles. The Bertz CT molecular complexity index is 866. The van der Waals surface area contributed by atoms with E-state index >= 15 is 0 Å². The third-order valence-corrected chi connectivity index (χ3v) is 5.11. The number of halogens is 1. The van der Waals surface area contributed by atoms with Crippen molar-refractivity contribution in [1.82, 2.24) is 10.6 Å². The normalized spacial score (nSPS) is 15.7. The van der Waals surface area contributed by atoms with Crippen LogP contribution in [0.4, 0.5) is 21.5 Å². The molecule has 0 aliphatic carbocycles. The second-order valence-corrected chi connectivity index (χ2v) is 7.08. The molecule has 6 nitrogen and oxygen atoms in total. The Morgan fingerprint density at radius 2 is 1.83 bits per heavy atom. The van der Waals surface area contributed by atoms with E-state index in [1.165, 1.54) is 6.07 Å². The number of rotatable bonds is 8. The highest BCUT2D eigenvalue weighted by atomic mass is 19.1. The smallest absolute Gasteiger partial charge is 0.225 e. The van der Waals surface area contributed by atoms with E-state index in [2.05, 4.69) is 16.0 Å². The summed E-state index contributed by atoms with van der Waals surface area (Å²) >= 11 is 0. The zero-order valence-electron chi connectivity index (χ0n) is 16.8. The lowest BCUT2D eigenvalue weighted by atomic mass is 10.1. The van der Waals surface area contributed by atoms with Gasteiger partial charge in [-0.15, -0.1) is 0 Å². The summed E-state index contributed by atoms with van der Waals surface area (Å²) in [5.41, 5.74) is 3.24. The Balaban J connectivity index is 1.58. The van der Waals surface area contributed by atoms with Gasteiger partial charge in [-0.05, 0) is 49.7 Å². The molecule has 3 rings (SSSR count). The molecule has 0 saturated carbocycles. The van der Waals surface area contributed by atoms with E-state index in [4.69, 9.17) is 0 Å². The van der Waals surface area contributed by atoms with Gasteiger partial charge in [0.25, 0.3) is 0 Å². The first-order valence-corrected chi connectivity index (χ1v) is 9.95. The van der Waals surface area contributed by atoms with Crippen molar-refractivity contribution in [2.45, 2.75) is 26.8 Å². The fraction of sp³-hybridized carbons (Fsp3) is 0.364. The fourth-order valence-electron chi connectivity index (χ4n) is 3.39. The third kappa shape index (κ3) is 5.25. The van der Waals surface area contributed by atoms with Crippen molar-refractivity contribution in [1.29, 1.82) is 0 Å². The highest BCUT2D eigenvalue weighted by Gasteiger charge is 2.27. The SMILES string of the molecule is CCN(CC)c1cc(Nc2ccc(CNC(=O)C3CNC(=O)C3)cc2)ccc1F. The van der Waals surface area contributed by atoms with Crippen LogP contribution in [0.5, 0.6) is 0 Å². The van der Waals surface area contributed by atoms with Crippen molar-refractivity contribution in [3.63, 3.8) is 0 Å². The van der Waals surface area contributed by atoms with Crippen LogP contribution in [0, 0.1) is 11.7 Å². The average Bonchev–Trinajstić information content (AvgIpc) is 3.17. The van der Waals surface area contributed by atoms with Crippen LogP contribution in [0.3, 0.4) is 0 Å². The zero-order chi connectivity index (χ0) is 20.8. The van der Waals surface area contributed by atoms with Crippen LogP contribution in [-0.2, 0) is 16.1 Å². The van der Waals surface area contributed by atoms with Gasteiger partial charge in [-0.1, -0.05) is 12.1 Å². The van der Waals surface area contributed by atoms with Crippen molar-refractivity contribution in [3.8, 4) is 0 Å². The standard InChI is InChI=1S/C22H27FN4O2/c1-3-27(4-2)20-12-18(9-10-19(20)23)26-17-7-5-15(6-8-17)13-25-22(29)16-11-21(28)24-14-16/h5-10,12,16,26H,3-4,11,13-14H2,1-2H3,(H,24,28)(H,25,29). The average molecular weight is 398 g/mol. The van der Waals surface area contributed by atoms with Gasteiger partial charge in [0.15, 0.2) is 0 Å². The monoisotopic (exact) mass is 398 g/mol. The summed E-state index contributed by atoms with van der Waals surface area (Å²) in [6.45, 7) is 6.29. The third-order valence-electron chi connectivity index (χ3n) is 5.11. The lowest BCUT2D eigenvalue weighted by molar-refractivity contribution is -0.126. The number of anilines is 3. The molecule has 2 aromatic carbocycles. The predicted molar refractivity (Wildman–Crippen MR) is 113 cm³/mol. The van der Waals surface area contributed by atoms with E-state index in [1.807, 2.05) is 49.1 Å². The maximum atomic E-state index is 14.1. The van der Waals surface area contributed by atoms with Crippen molar-refractivity contribution in [2.75, 3.05) is 29.9 Å². The van der Waals surface area contributed by atoms with Gasteiger partial charge in [0.05, 0.1) is 11.6 Å². The minimum Gasteiger partial charge on any atom is -0.370 e. The summed E-state index contributed by atoms with van der Waals surface area (Å²) in [6.07, 6.45) is 0.252. The molecule has 1 saturated heterocycles. The molecule has 1 fully saturated rings. The molecule has 29 heavy (non-hydrogen) atoms. The molecule has 2 amide bonds. The van der Waals surface area contributed by atoms with Crippen LogP contribution in [0.15, 0.2) is 42.5 Å². The van der Waals surface area contributed by atoms with E-state index in [0.717, 1.165) is 30.0 Å². The number of hydrogen-bond acceptors (Lipinski definition) is 4. The Morgan fingerprint density at radius 3 is 2.45 bits per heavy atom. The second-order valence-electron chi connectivity index (χ2n) is 7.08. The zero-order valence-corrected chi connectivity index (χ0v) is 16.8. The largest absolute Gasteiger partial charge is 0.370 e. The molecule has 0 aromatic heterocycles. The van der Waals surface area contributed by atoms with Gasteiger partial charge in [0.1, 0.15) is 5.82 Å². The first-order valence-electron chi connectivity index (χ1n) is 9.95. The first-order chi connectivity index (χ1) is 14.0. The molecule has 1 aliphatic heterocycles. The van der Waals surface area contributed by atoms with Crippen molar-refractivity contribution < 1.29 is 14.0 Å². The Hall–Kier alpha value is -3.09. The predicted octanol–water partition coefficient (Wildman–Crippen LogP) is 3.17. The molecule has 0 spiro atoms. The number of amides is 2. The van der Waals surface area contributed by atoms with Crippen LogP contribution in [0.25, 0.3) is 0 Å². The lowest BCUT2D eigenvalue weighted by Crippen LogP contribution is -2.31. The summed E-state index contributed by atoms with van der Waals surface area (Å²) in [6, 6.07) is 12.7. The molecule has 1 atom stereocenters. The number of carbonyl (C=O) groups is 2. The maximum absolute atomic E-state index is 14.1. The first kappa shape index (κ1) is 20.6. The van der Waals surface area contributed by atoms with E-state index < -0.39 is 0 Å². The highest BCUT2D eigenvalue weighted by Crippen LogP contribution is 2.26. The molecule has 3 N–H and O–H groups in total. The number of nitrogens with zero attached hydrogens (tertiary/aromatic N) is 1. The minimum absolute atomic E-state index is 0.0782. The van der Waals surface area contributed by atoms with Gasteiger partial charge >= 0.3 is 0 Å². The number of benzene rings is 2. The lowest BCUT2D eigenvalue weighted by Gasteiger charge is -2.22. The van der Waals surface area contributed by atoms with E-state index in [-0.39, 0.29) is 30.0 Å². The molecule has 7 heteroatoms. The molecular formula is C22H27FN4O2. The summed E-state index contributed by atoms with van der Waals surface area (Å²) < 4.78 is 14.1. The molecule has 154 valence electrons. The number of carbonyl (C=O) groups excluding carboxylic acids is 2. The van der Waals surface area contributed by atoms with Gasteiger partial charge < -0.3 is 20.9 Å². The van der Waals surface area contributed by atoms with E-state index in [9.17, 15) is 14.0 Å². The molecule has 0 radical (unpaired) electrons. The van der Waals surface area contributed by atoms with Crippen LogP contribution >= 0.6 is 0 Å². The molecule has 0 bridgehead atoms. The quantitative estimate of drug-likeness (QED) is 0.639. The van der Waals surface area contributed by atoms with Crippen LogP contribution < -0.4 is 20.9 Å². The minimum atomic E-state index is -0.290. The second kappa shape index (κ2) is 9.41. The summed E-state index contributed by atoms with van der Waals surface area (Å²) in [5, 5.41) is 8.83. The summed E-state index contributed by atoms with van der Waals surface area (Å²) in [4.78, 5) is 25.3. The molecule has 1 unspecified atom stereocenters. The number of hydrogen-bond donors (Lipinski definition) is 3. The topological polar surface area (TPSA) is 73.5 Å². The van der Waals surface area contributed by atoms with Crippen molar-refractivity contribution in [2.24, 2.45) is 5.92 Å². The highest BCUT2D eigenvalue weighted by molar-refractivity contribution is 5.89. The molecular weight excluding hydrogens is 371 g/mol. The van der Waals surface area contributed by atoms with Crippen LogP contribution in [-0.4, -0.2) is 31.4 Å². The van der Waals surface area contributed by atoms with Gasteiger partial charge in [0, 0.05) is 44.0 Å². The fourth-order valence-corrected chi connectivity index (χ4v) is 3.39. The Kier molecular flexibility index (Phi) is 6.69. The van der Waals surface area contributed by atoms with Crippen LogP contribution in [0.2, 0.25) is 0 Å². The van der Waals surface area contributed by atoms with E-state index in [1.54, 1.807) is 6.07 Å². The van der Waals surface area contributed by atoms with Gasteiger partial charge in [-0.3, -0.25) is 9.59 Å². The molecule has 1 aliphatic rings. The number of nitrogens with one attached hydrogen (secondary N) is 3. The van der Waals surface area contributed by atoms with Crippen molar-refractivity contribution in [3.05, 3.63) is 53.8 Å². The Morgan fingerprint density at radius 1 is 1.14 bits per heavy atom. The molecule has 2 aromatic rings.